The summed E-state index contributed by atoms with van der Waals surface area (Å²) in [6.07, 6.45) is 8.17. The number of amides is 4. The minimum Gasteiger partial charge on any atom is -0.342 e. The molecule has 1 saturated carbocycles. The van der Waals surface area contributed by atoms with Gasteiger partial charge in [0, 0.05) is 40.3 Å². The Hall–Kier alpha value is -3.38. The molecule has 2 aliphatic rings. The Morgan fingerprint density at radius 2 is 1.70 bits per heavy atom. The largest absolute Gasteiger partial charge is 0.342 e. The second kappa shape index (κ2) is 8.87. The second-order valence-electron chi connectivity index (χ2n) is 8.64. The normalized spacial score (nSPS) is 18.9. The minimum atomic E-state index is -0.647. The lowest BCUT2D eigenvalue weighted by molar-refractivity contribution is -0.132. The van der Waals surface area contributed by atoms with Gasteiger partial charge < -0.3 is 4.57 Å². The molecule has 0 bridgehead atoms. The highest BCUT2D eigenvalue weighted by Gasteiger charge is 2.40. The van der Waals surface area contributed by atoms with Crippen molar-refractivity contribution in [3.05, 3.63) is 76.5 Å². The third-order valence-corrected chi connectivity index (χ3v) is 6.71. The Labute approximate surface area is 196 Å². The Kier molecular flexibility index (Phi) is 5.77. The summed E-state index contributed by atoms with van der Waals surface area (Å²) in [5, 5.41) is 3.98. The van der Waals surface area contributed by atoms with Gasteiger partial charge in [0.25, 0.3) is 11.8 Å². The van der Waals surface area contributed by atoms with Crippen molar-refractivity contribution in [2.75, 3.05) is 0 Å². The van der Waals surface area contributed by atoms with Gasteiger partial charge in [-0.25, -0.2) is 4.79 Å². The molecule has 168 valence electrons. The van der Waals surface area contributed by atoms with Gasteiger partial charge in [0.2, 0.25) is 0 Å². The molecule has 0 atom stereocenters. The Bertz CT molecular complexity index is 1270. The summed E-state index contributed by atoms with van der Waals surface area (Å²) in [6.45, 7) is 0.619. The van der Waals surface area contributed by atoms with Gasteiger partial charge in [-0.1, -0.05) is 61.2 Å². The van der Waals surface area contributed by atoms with Crippen molar-refractivity contribution in [1.82, 2.24) is 14.8 Å². The minimum absolute atomic E-state index is 0.00503. The molecule has 2 aromatic carbocycles. The van der Waals surface area contributed by atoms with Gasteiger partial charge in [0.15, 0.2) is 0 Å². The van der Waals surface area contributed by atoms with Gasteiger partial charge >= 0.3 is 6.03 Å². The predicted octanol–water partition coefficient (Wildman–Crippen LogP) is 5.14. The standard InChI is InChI=1S/C26H24ClN3O3/c27-19-12-10-17(11-13-19)15-29-16-18(21-8-4-5-9-23(21)29)14-22-24(31)28-26(33)30(25(22)32)20-6-2-1-3-7-20/h4-5,8-14,16,20H,1-3,6-7,15H2,(H,28,31,33)/b22-14+. The van der Waals surface area contributed by atoms with E-state index in [-0.39, 0.29) is 11.6 Å². The van der Waals surface area contributed by atoms with Crippen molar-refractivity contribution in [1.29, 1.82) is 0 Å². The molecule has 33 heavy (non-hydrogen) atoms. The molecular weight excluding hydrogens is 438 g/mol. The van der Waals surface area contributed by atoms with Crippen molar-refractivity contribution >= 4 is 46.4 Å². The molecule has 0 spiro atoms. The van der Waals surface area contributed by atoms with E-state index in [0.717, 1.165) is 54.1 Å². The Morgan fingerprint density at radius 3 is 2.45 bits per heavy atom. The first-order valence-corrected chi connectivity index (χ1v) is 11.6. The molecule has 0 radical (unpaired) electrons. The summed E-state index contributed by atoms with van der Waals surface area (Å²) in [5.74, 6) is -1.16. The van der Waals surface area contributed by atoms with E-state index in [4.69, 9.17) is 11.6 Å². The number of barbiturate groups is 1. The van der Waals surface area contributed by atoms with Gasteiger partial charge in [0.1, 0.15) is 5.57 Å². The van der Waals surface area contributed by atoms with E-state index in [2.05, 4.69) is 9.88 Å². The summed E-state index contributed by atoms with van der Waals surface area (Å²) in [7, 11) is 0. The maximum Gasteiger partial charge on any atom is 0.331 e. The van der Waals surface area contributed by atoms with Crippen molar-refractivity contribution in [3.63, 3.8) is 0 Å². The molecule has 1 aliphatic heterocycles. The van der Waals surface area contributed by atoms with E-state index in [1.54, 1.807) is 6.08 Å². The Morgan fingerprint density at radius 1 is 0.970 bits per heavy atom. The van der Waals surface area contributed by atoms with Crippen molar-refractivity contribution in [2.24, 2.45) is 0 Å². The van der Waals surface area contributed by atoms with Crippen LogP contribution in [0.3, 0.4) is 0 Å². The lowest BCUT2D eigenvalue weighted by Gasteiger charge is -2.35. The van der Waals surface area contributed by atoms with Crippen molar-refractivity contribution < 1.29 is 14.4 Å². The van der Waals surface area contributed by atoms with Crippen molar-refractivity contribution in [3.8, 4) is 0 Å². The van der Waals surface area contributed by atoms with Crippen LogP contribution in [0.15, 0.2) is 60.3 Å². The number of nitrogens with zero attached hydrogens (tertiary/aromatic N) is 2. The van der Waals surface area contributed by atoms with Crippen LogP contribution in [-0.4, -0.2) is 33.4 Å². The summed E-state index contributed by atoms with van der Waals surface area (Å²) < 4.78 is 2.08. The van der Waals surface area contributed by atoms with Crippen LogP contribution in [0.1, 0.15) is 43.2 Å². The maximum atomic E-state index is 13.3. The smallest absolute Gasteiger partial charge is 0.331 e. The van der Waals surface area contributed by atoms with E-state index < -0.39 is 17.8 Å². The monoisotopic (exact) mass is 461 g/mol. The number of para-hydroxylation sites is 1. The lowest BCUT2D eigenvalue weighted by Crippen LogP contribution is -2.58. The highest BCUT2D eigenvalue weighted by Crippen LogP contribution is 2.29. The number of fused-ring (bicyclic) bond motifs is 1. The predicted molar refractivity (Wildman–Crippen MR) is 128 cm³/mol. The number of rotatable bonds is 4. The van der Waals surface area contributed by atoms with E-state index in [9.17, 15) is 14.4 Å². The number of imide groups is 2. The lowest BCUT2D eigenvalue weighted by atomic mass is 9.93. The molecule has 0 unspecified atom stereocenters. The zero-order valence-corrected chi connectivity index (χ0v) is 18.8. The van der Waals surface area contributed by atoms with Crippen LogP contribution in [0, 0.1) is 0 Å². The number of aromatic nitrogens is 1. The van der Waals surface area contributed by atoms with E-state index in [0.29, 0.717) is 11.6 Å². The van der Waals surface area contributed by atoms with Gasteiger partial charge in [-0.3, -0.25) is 19.8 Å². The zero-order chi connectivity index (χ0) is 22.9. The van der Waals surface area contributed by atoms with Crippen LogP contribution in [0.25, 0.3) is 17.0 Å². The summed E-state index contributed by atoms with van der Waals surface area (Å²) in [5.41, 5.74) is 2.83. The maximum absolute atomic E-state index is 13.3. The third kappa shape index (κ3) is 4.18. The fourth-order valence-corrected chi connectivity index (χ4v) is 4.93. The van der Waals surface area contributed by atoms with Gasteiger partial charge in [-0.15, -0.1) is 0 Å². The van der Waals surface area contributed by atoms with Crippen LogP contribution < -0.4 is 5.32 Å². The van der Waals surface area contributed by atoms with Crippen LogP contribution in [-0.2, 0) is 16.1 Å². The quantitative estimate of drug-likeness (QED) is 0.432. The molecule has 5 rings (SSSR count). The van der Waals surface area contributed by atoms with Crippen LogP contribution >= 0.6 is 11.6 Å². The molecule has 1 aromatic heterocycles. The van der Waals surface area contributed by atoms with E-state index >= 15 is 0 Å². The highest BCUT2D eigenvalue weighted by atomic mass is 35.5. The first-order chi connectivity index (χ1) is 16.0. The number of nitrogens with one attached hydrogen (secondary N) is 1. The number of halogens is 1. The molecule has 1 saturated heterocycles. The number of carbonyl (C=O) groups excluding carboxylic acids is 3. The van der Waals surface area contributed by atoms with Gasteiger partial charge in [0.05, 0.1) is 0 Å². The third-order valence-electron chi connectivity index (χ3n) is 6.46. The molecule has 2 fully saturated rings. The first-order valence-electron chi connectivity index (χ1n) is 11.2. The summed E-state index contributed by atoms with van der Waals surface area (Å²) in [4.78, 5) is 39.7. The van der Waals surface area contributed by atoms with Crippen LogP contribution in [0.4, 0.5) is 4.79 Å². The van der Waals surface area contributed by atoms with E-state index in [1.165, 1.54) is 4.90 Å². The molecule has 1 N–H and O–H groups in total. The first kappa shape index (κ1) is 21.5. The second-order valence-corrected chi connectivity index (χ2v) is 9.08. The van der Waals surface area contributed by atoms with Crippen LogP contribution in [0.2, 0.25) is 5.02 Å². The van der Waals surface area contributed by atoms with Gasteiger partial charge in [-0.05, 0) is 42.7 Å². The van der Waals surface area contributed by atoms with Crippen LogP contribution in [0.5, 0.6) is 0 Å². The molecular formula is C26H24ClN3O3. The number of hydrogen-bond donors (Lipinski definition) is 1. The zero-order valence-electron chi connectivity index (χ0n) is 18.1. The number of carbonyl (C=O) groups is 3. The average Bonchev–Trinajstić information content (AvgIpc) is 3.16. The molecule has 1 aliphatic carbocycles. The molecule has 2 heterocycles. The average molecular weight is 462 g/mol. The number of hydrogen-bond acceptors (Lipinski definition) is 3. The molecule has 3 aromatic rings. The summed E-state index contributed by atoms with van der Waals surface area (Å²) >= 11 is 6.02. The topological polar surface area (TPSA) is 71.4 Å². The SMILES string of the molecule is O=C1NC(=O)N(C2CCCCC2)C(=O)/C1=C/c1cn(Cc2ccc(Cl)cc2)c2ccccc12. The highest BCUT2D eigenvalue weighted by molar-refractivity contribution is 6.31. The molecule has 7 heteroatoms. The Balaban J connectivity index is 1.52. The summed E-state index contributed by atoms with van der Waals surface area (Å²) in [6, 6.07) is 14.7. The molecule has 6 nitrogen and oxygen atoms in total. The van der Waals surface area contributed by atoms with Gasteiger partial charge in [-0.2, -0.15) is 0 Å². The number of benzene rings is 2. The fourth-order valence-electron chi connectivity index (χ4n) is 4.80. The van der Waals surface area contributed by atoms with E-state index in [1.807, 2.05) is 54.7 Å². The van der Waals surface area contributed by atoms with Crippen molar-refractivity contribution in [2.45, 2.75) is 44.7 Å². The fraction of sp³-hybridized carbons (Fsp3) is 0.269. The molecule has 4 amide bonds. The number of urea groups is 1.